The van der Waals surface area contributed by atoms with Gasteiger partial charge < -0.3 is 10.1 Å². The summed E-state index contributed by atoms with van der Waals surface area (Å²) in [6.07, 6.45) is -0.900. The Balaban J connectivity index is 2.87. The Labute approximate surface area is 149 Å². The lowest BCUT2D eigenvalue weighted by atomic mass is 10.1. The Hall–Kier alpha value is -1.27. The minimum Gasteiger partial charge on any atom is -0.447 e. The van der Waals surface area contributed by atoms with Crippen molar-refractivity contribution >= 4 is 27.5 Å². The fourth-order valence-corrected chi connectivity index (χ4v) is 4.13. The lowest BCUT2D eigenvalue weighted by molar-refractivity contribution is 0.111. The van der Waals surface area contributed by atoms with E-state index >= 15 is 0 Å². The van der Waals surface area contributed by atoms with E-state index in [9.17, 15) is 13.2 Å². The molecule has 1 N–H and O–H groups in total. The van der Waals surface area contributed by atoms with Crippen LogP contribution >= 0.6 is 11.6 Å². The Kier molecular flexibility index (Phi) is 7.55. The summed E-state index contributed by atoms with van der Waals surface area (Å²) in [7, 11) is -3.65. The molecule has 2 atom stereocenters. The van der Waals surface area contributed by atoms with Gasteiger partial charge in [0.25, 0.3) is 0 Å². The van der Waals surface area contributed by atoms with Gasteiger partial charge in [0.2, 0.25) is 0 Å². The van der Waals surface area contributed by atoms with Crippen molar-refractivity contribution in [3.63, 3.8) is 0 Å². The molecule has 1 amide bonds. The zero-order valence-corrected chi connectivity index (χ0v) is 16.3. The number of carbonyl (C=O) groups excluding carboxylic acids is 1. The molecule has 0 saturated carbocycles. The van der Waals surface area contributed by atoms with Gasteiger partial charge in [0.05, 0.1) is 11.9 Å². The lowest BCUT2D eigenvalue weighted by Gasteiger charge is -2.24. The van der Waals surface area contributed by atoms with Crippen LogP contribution < -0.4 is 5.32 Å². The van der Waals surface area contributed by atoms with Crippen LogP contribution in [0.25, 0.3) is 0 Å². The average Bonchev–Trinajstić information content (AvgIpc) is 2.45. The number of rotatable bonds is 7. The highest BCUT2D eigenvalue weighted by molar-refractivity contribution is 7.92. The second kappa shape index (κ2) is 8.72. The second-order valence-corrected chi connectivity index (χ2v) is 9.33. The first kappa shape index (κ1) is 20.8. The zero-order chi connectivity index (χ0) is 18.5. The highest BCUT2D eigenvalue weighted by Crippen LogP contribution is 2.28. The van der Waals surface area contributed by atoms with E-state index < -0.39 is 26.7 Å². The van der Waals surface area contributed by atoms with Crippen molar-refractivity contribution in [1.29, 1.82) is 0 Å². The summed E-state index contributed by atoms with van der Waals surface area (Å²) in [5.41, 5.74) is 1.55. The molecule has 0 heterocycles. The van der Waals surface area contributed by atoms with Crippen molar-refractivity contribution in [3.8, 4) is 0 Å². The Bertz CT molecular complexity index is 641. The molecule has 0 aliphatic carbocycles. The molecule has 2 unspecified atom stereocenters. The summed E-state index contributed by atoms with van der Waals surface area (Å²) in [6, 6.07) is 6.47. The van der Waals surface area contributed by atoms with Gasteiger partial charge in [0.1, 0.15) is 0 Å². The third kappa shape index (κ3) is 6.32. The van der Waals surface area contributed by atoms with Crippen molar-refractivity contribution in [2.24, 2.45) is 5.92 Å². The van der Waals surface area contributed by atoms with Crippen LogP contribution in [0, 0.1) is 12.8 Å². The van der Waals surface area contributed by atoms with Crippen molar-refractivity contribution < 1.29 is 17.9 Å². The molecule has 0 fully saturated rings. The van der Waals surface area contributed by atoms with Crippen molar-refractivity contribution in [1.82, 2.24) is 5.32 Å². The molecule has 24 heavy (non-hydrogen) atoms. The van der Waals surface area contributed by atoms with Crippen LogP contribution in [0.15, 0.2) is 24.3 Å². The molecule has 0 spiro atoms. The maximum absolute atomic E-state index is 12.6. The topological polar surface area (TPSA) is 72.5 Å². The average molecular weight is 376 g/mol. The number of benzene rings is 1. The number of carbonyl (C=O) groups is 1. The SMILES string of the molecule is Cc1ccc(C(Cl)S(=O)(=O)CC(NC(=O)OC(C)C)C(C)C)cc1. The molecule has 1 aromatic carbocycles. The third-order valence-corrected chi connectivity index (χ3v) is 6.31. The van der Waals surface area contributed by atoms with E-state index in [-0.39, 0.29) is 17.8 Å². The number of nitrogens with one attached hydrogen (secondary N) is 1. The van der Waals surface area contributed by atoms with Gasteiger partial charge in [-0.15, -0.1) is 11.6 Å². The summed E-state index contributed by atoms with van der Waals surface area (Å²) in [6.45, 7) is 9.05. The molecule has 0 aromatic heterocycles. The number of hydrogen-bond acceptors (Lipinski definition) is 4. The van der Waals surface area contributed by atoms with Gasteiger partial charge in [-0.05, 0) is 32.3 Å². The van der Waals surface area contributed by atoms with Gasteiger partial charge in [0.15, 0.2) is 14.5 Å². The van der Waals surface area contributed by atoms with Crippen LogP contribution in [0.1, 0.15) is 43.5 Å². The number of ether oxygens (including phenoxy) is 1. The fraction of sp³-hybridized carbons (Fsp3) is 0.588. The summed E-state index contributed by atoms with van der Waals surface area (Å²) < 4.78 is 29.1. The summed E-state index contributed by atoms with van der Waals surface area (Å²) in [5, 5.41) is 2.62. The first-order chi connectivity index (χ1) is 11.0. The third-order valence-electron chi connectivity index (χ3n) is 3.52. The van der Waals surface area contributed by atoms with Crippen LogP contribution in [-0.4, -0.2) is 32.4 Å². The molecule has 1 rings (SSSR count). The maximum Gasteiger partial charge on any atom is 0.407 e. The van der Waals surface area contributed by atoms with E-state index in [0.29, 0.717) is 5.56 Å². The van der Waals surface area contributed by atoms with Crippen molar-refractivity contribution in [2.45, 2.75) is 51.5 Å². The van der Waals surface area contributed by atoms with Crippen molar-refractivity contribution in [3.05, 3.63) is 35.4 Å². The number of sulfone groups is 1. The van der Waals surface area contributed by atoms with Gasteiger partial charge >= 0.3 is 6.09 Å². The van der Waals surface area contributed by atoms with Gasteiger partial charge in [-0.2, -0.15) is 0 Å². The van der Waals surface area contributed by atoms with Gasteiger partial charge in [-0.1, -0.05) is 43.7 Å². The van der Waals surface area contributed by atoms with Crippen LogP contribution in [0.3, 0.4) is 0 Å². The highest BCUT2D eigenvalue weighted by Gasteiger charge is 2.31. The molecule has 0 aliphatic rings. The maximum atomic E-state index is 12.6. The normalized spacial score (nSPS) is 14.5. The van der Waals surface area contributed by atoms with E-state index in [0.717, 1.165) is 5.56 Å². The largest absolute Gasteiger partial charge is 0.447 e. The molecular weight excluding hydrogens is 350 g/mol. The van der Waals surface area contributed by atoms with E-state index in [2.05, 4.69) is 5.32 Å². The van der Waals surface area contributed by atoms with E-state index in [1.165, 1.54) is 0 Å². The number of halogens is 1. The quantitative estimate of drug-likeness (QED) is 0.735. The Morgan fingerprint density at radius 1 is 1.17 bits per heavy atom. The standard InChI is InChI=1S/C17H26ClNO4S/c1-11(2)15(19-17(20)23-12(3)4)10-24(21,22)16(18)14-8-6-13(5)7-9-14/h6-9,11-12,15-16H,10H2,1-5H3,(H,19,20). The van der Waals surface area contributed by atoms with Crippen molar-refractivity contribution in [2.75, 3.05) is 5.75 Å². The predicted molar refractivity (Wildman–Crippen MR) is 96.9 cm³/mol. The minimum absolute atomic E-state index is 0.0821. The molecule has 0 aliphatic heterocycles. The van der Waals surface area contributed by atoms with Crippen LogP contribution in [0.4, 0.5) is 4.79 Å². The van der Waals surface area contributed by atoms with Crippen LogP contribution in [0.2, 0.25) is 0 Å². The first-order valence-electron chi connectivity index (χ1n) is 7.92. The zero-order valence-electron chi connectivity index (χ0n) is 14.7. The molecule has 7 heteroatoms. The molecular formula is C17H26ClNO4S. The van der Waals surface area contributed by atoms with E-state index in [1.807, 2.05) is 32.9 Å². The molecule has 0 radical (unpaired) electrons. The van der Waals surface area contributed by atoms with Gasteiger partial charge in [-0.3, -0.25) is 0 Å². The predicted octanol–water partition coefficient (Wildman–Crippen LogP) is 3.81. The summed E-state index contributed by atoms with van der Waals surface area (Å²) >= 11 is 6.19. The van der Waals surface area contributed by atoms with E-state index in [4.69, 9.17) is 16.3 Å². The molecule has 0 saturated heterocycles. The minimum atomic E-state index is -3.65. The monoisotopic (exact) mass is 375 g/mol. The smallest absolute Gasteiger partial charge is 0.407 e. The van der Waals surface area contributed by atoms with Crippen LogP contribution in [0.5, 0.6) is 0 Å². The van der Waals surface area contributed by atoms with Gasteiger partial charge in [-0.25, -0.2) is 13.2 Å². The number of alkyl carbamates (subject to hydrolysis) is 1. The first-order valence-corrected chi connectivity index (χ1v) is 10.1. The van der Waals surface area contributed by atoms with Crippen LogP contribution in [-0.2, 0) is 14.6 Å². The number of hydrogen-bond donors (Lipinski definition) is 1. The molecule has 5 nitrogen and oxygen atoms in total. The molecule has 1 aromatic rings. The molecule has 136 valence electrons. The fourth-order valence-electron chi connectivity index (χ4n) is 2.06. The number of alkyl halides is 1. The Morgan fingerprint density at radius 2 is 1.71 bits per heavy atom. The second-order valence-electron chi connectivity index (χ2n) is 6.51. The Morgan fingerprint density at radius 3 is 2.17 bits per heavy atom. The summed E-state index contributed by atoms with van der Waals surface area (Å²) in [4.78, 5) is 11.8. The lowest BCUT2D eigenvalue weighted by Crippen LogP contribution is -2.44. The van der Waals surface area contributed by atoms with E-state index in [1.54, 1.807) is 26.0 Å². The summed E-state index contributed by atoms with van der Waals surface area (Å²) in [5.74, 6) is -0.332. The van der Waals surface area contributed by atoms with Gasteiger partial charge in [0, 0.05) is 6.04 Å². The number of amides is 1. The molecule has 0 bridgehead atoms. The number of aryl methyl sites for hydroxylation is 1. The highest BCUT2D eigenvalue weighted by atomic mass is 35.5.